The second kappa shape index (κ2) is 7.25. The van der Waals surface area contributed by atoms with Crippen molar-refractivity contribution in [2.45, 2.75) is 30.6 Å². The summed E-state index contributed by atoms with van der Waals surface area (Å²) in [5.74, 6) is 0.188. The van der Waals surface area contributed by atoms with E-state index in [0.717, 1.165) is 32.2 Å². The Labute approximate surface area is 150 Å². The first kappa shape index (κ1) is 18.7. The fraction of sp³-hybridized carbons (Fsp3) is 0.824. The number of hydrogen-bond donors (Lipinski definition) is 2. The topological polar surface area (TPSA) is 90.0 Å². The maximum absolute atomic E-state index is 13.5. The third kappa shape index (κ3) is 3.31. The lowest BCUT2D eigenvalue weighted by atomic mass is 9.86. The number of sulfone groups is 1. The van der Waals surface area contributed by atoms with Gasteiger partial charge in [0.25, 0.3) is 0 Å². The Morgan fingerprint density at radius 3 is 2.36 bits per heavy atom. The largest absolute Gasteiger partial charge is 0.465 e. The molecule has 3 fully saturated rings. The fourth-order valence-electron chi connectivity index (χ4n) is 4.79. The molecule has 0 aromatic rings. The molecule has 25 heavy (non-hydrogen) atoms. The van der Waals surface area contributed by atoms with Crippen LogP contribution in [0.3, 0.4) is 0 Å². The molecule has 2 atom stereocenters. The van der Waals surface area contributed by atoms with Gasteiger partial charge >= 0.3 is 6.09 Å². The van der Waals surface area contributed by atoms with Crippen molar-refractivity contribution in [3.8, 4) is 0 Å². The summed E-state index contributed by atoms with van der Waals surface area (Å²) in [6.07, 6.45) is 4.33. The van der Waals surface area contributed by atoms with Crippen LogP contribution in [0, 0.1) is 11.8 Å². The molecule has 2 N–H and O–H groups in total. The van der Waals surface area contributed by atoms with Gasteiger partial charge < -0.3 is 15.3 Å². The van der Waals surface area contributed by atoms with E-state index in [1.54, 1.807) is 0 Å². The summed E-state index contributed by atoms with van der Waals surface area (Å²) in [6, 6.07) is 0. The summed E-state index contributed by atoms with van der Waals surface area (Å²) in [7, 11) is -3.41. The van der Waals surface area contributed by atoms with Crippen LogP contribution in [0.2, 0.25) is 0 Å². The van der Waals surface area contributed by atoms with Crippen LogP contribution in [0.15, 0.2) is 12.7 Å². The van der Waals surface area contributed by atoms with Gasteiger partial charge in [0.05, 0.1) is 5.75 Å². The van der Waals surface area contributed by atoms with Crippen molar-refractivity contribution in [2.75, 3.05) is 45.0 Å². The van der Waals surface area contributed by atoms with Crippen molar-refractivity contribution < 1.29 is 18.3 Å². The number of rotatable bonds is 6. The number of nitrogens with one attached hydrogen (secondary N) is 1. The lowest BCUT2D eigenvalue weighted by Crippen LogP contribution is -2.67. The van der Waals surface area contributed by atoms with E-state index in [2.05, 4.69) is 16.8 Å². The smallest absolute Gasteiger partial charge is 0.407 e. The zero-order valence-electron chi connectivity index (χ0n) is 14.7. The number of piperazine rings is 1. The molecule has 0 unspecified atom stereocenters. The van der Waals surface area contributed by atoms with Crippen molar-refractivity contribution in [3.05, 3.63) is 12.7 Å². The number of amides is 1. The molecular formula is C17H29N3O4S. The number of piperidine rings is 1. The van der Waals surface area contributed by atoms with E-state index in [1.165, 1.54) is 11.0 Å². The van der Waals surface area contributed by atoms with Crippen LogP contribution in [-0.4, -0.2) is 79.3 Å². The first-order valence-corrected chi connectivity index (χ1v) is 10.9. The van der Waals surface area contributed by atoms with E-state index in [4.69, 9.17) is 0 Å². The lowest BCUT2D eigenvalue weighted by Gasteiger charge is -2.52. The van der Waals surface area contributed by atoms with Crippen LogP contribution < -0.4 is 5.32 Å². The summed E-state index contributed by atoms with van der Waals surface area (Å²) in [4.78, 5) is 13.8. The van der Waals surface area contributed by atoms with Crippen LogP contribution in [0.25, 0.3) is 0 Å². The van der Waals surface area contributed by atoms with Crippen LogP contribution in [-0.2, 0) is 9.84 Å². The predicted molar refractivity (Wildman–Crippen MR) is 96.2 cm³/mol. The molecule has 2 saturated heterocycles. The van der Waals surface area contributed by atoms with E-state index in [9.17, 15) is 18.3 Å². The molecule has 8 heteroatoms. The van der Waals surface area contributed by atoms with Gasteiger partial charge in [-0.1, -0.05) is 6.08 Å². The van der Waals surface area contributed by atoms with E-state index >= 15 is 0 Å². The number of nitrogens with zero attached hydrogens (tertiary/aromatic N) is 2. The van der Waals surface area contributed by atoms with E-state index in [-0.39, 0.29) is 17.6 Å². The molecule has 2 heterocycles. The second-order valence-corrected chi connectivity index (χ2v) is 9.61. The Kier molecular flexibility index (Phi) is 5.41. The first-order chi connectivity index (χ1) is 11.9. The van der Waals surface area contributed by atoms with E-state index in [0.29, 0.717) is 32.7 Å². The molecule has 1 amide bonds. The SMILES string of the molecule is C=CCS(=O)(=O)[C@@](C1CC1)([C@H]1CCCNC1)N1CCN(C(=O)O)CC1. The molecule has 0 aromatic carbocycles. The highest BCUT2D eigenvalue weighted by Crippen LogP contribution is 2.52. The van der Waals surface area contributed by atoms with Crippen molar-refractivity contribution >= 4 is 15.9 Å². The molecule has 0 aromatic heterocycles. The predicted octanol–water partition coefficient (Wildman–Crippen LogP) is 0.989. The van der Waals surface area contributed by atoms with Gasteiger partial charge in [0, 0.05) is 38.6 Å². The average Bonchev–Trinajstić information content (AvgIpc) is 3.42. The molecule has 2 aliphatic heterocycles. The van der Waals surface area contributed by atoms with E-state index < -0.39 is 20.8 Å². The minimum absolute atomic E-state index is 0.0147. The molecule has 142 valence electrons. The quantitative estimate of drug-likeness (QED) is 0.677. The van der Waals surface area contributed by atoms with Gasteiger partial charge in [0.2, 0.25) is 0 Å². The summed E-state index contributed by atoms with van der Waals surface area (Å²) in [5, 5.41) is 12.6. The zero-order valence-corrected chi connectivity index (χ0v) is 15.5. The second-order valence-electron chi connectivity index (χ2n) is 7.40. The van der Waals surface area contributed by atoms with Crippen LogP contribution in [0.4, 0.5) is 4.79 Å². The van der Waals surface area contributed by atoms with Crippen LogP contribution >= 0.6 is 0 Å². The third-order valence-electron chi connectivity index (χ3n) is 5.92. The molecular weight excluding hydrogens is 342 g/mol. The molecule has 7 nitrogen and oxygen atoms in total. The van der Waals surface area contributed by atoms with Crippen LogP contribution in [0.1, 0.15) is 25.7 Å². The van der Waals surface area contributed by atoms with Gasteiger partial charge in [0.1, 0.15) is 4.87 Å². The Bertz CT molecular complexity index is 605. The highest BCUT2D eigenvalue weighted by Gasteiger charge is 2.61. The van der Waals surface area contributed by atoms with Gasteiger partial charge in [-0.2, -0.15) is 0 Å². The highest BCUT2D eigenvalue weighted by atomic mass is 32.2. The Morgan fingerprint density at radius 1 is 1.20 bits per heavy atom. The third-order valence-corrected chi connectivity index (χ3v) is 8.52. The molecule has 3 rings (SSSR count). The average molecular weight is 372 g/mol. The summed E-state index contributed by atoms with van der Waals surface area (Å²) < 4.78 is 27.0. The normalized spacial score (nSPS) is 28.3. The molecule has 1 saturated carbocycles. The molecule has 1 aliphatic carbocycles. The van der Waals surface area contributed by atoms with Crippen molar-refractivity contribution in [3.63, 3.8) is 0 Å². The highest BCUT2D eigenvalue weighted by molar-refractivity contribution is 7.92. The monoisotopic (exact) mass is 371 g/mol. The summed E-state index contributed by atoms with van der Waals surface area (Å²) in [6.45, 7) is 7.02. The van der Waals surface area contributed by atoms with Crippen molar-refractivity contribution in [2.24, 2.45) is 11.8 Å². The standard InChI is InChI=1S/C17H29N3O4S/c1-2-12-25(23,24)17(14-5-6-14,15-4-3-7-18-13-15)20-10-8-19(9-11-20)16(21)22/h2,14-15,18H,1,3-13H2,(H,21,22)/t15-,17-/m0/s1. The molecule has 0 spiro atoms. The molecule has 0 radical (unpaired) electrons. The molecule has 0 bridgehead atoms. The Morgan fingerprint density at radius 2 is 1.88 bits per heavy atom. The number of carboxylic acid groups (broad SMARTS) is 1. The lowest BCUT2D eigenvalue weighted by molar-refractivity contribution is 0.0257. The minimum atomic E-state index is -3.41. The maximum Gasteiger partial charge on any atom is 0.407 e. The first-order valence-electron chi connectivity index (χ1n) is 9.20. The van der Waals surface area contributed by atoms with Crippen LogP contribution in [0.5, 0.6) is 0 Å². The summed E-state index contributed by atoms with van der Waals surface area (Å²) in [5.41, 5.74) is 0. The fourth-order valence-corrected chi connectivity index (χ4v) is 7.40. The van der Waals surface area contributed by atoms with Gasteiger partial charge in [-0.3, -0.25) is 4.90 Å². The maximum atomic E-state index is 13.5. The minimum Gasteiger partial charge on any atom is -0.465 e. The summed E-state index contributed by atoms with van der Waals surface area (Å²) >= 11 is 0. The molecule has 3 aliphatic rings. The van der Waals surface area contributed by atoms with Crippen molar-refractivity contribution in [1.29, 1.82) is 0 Å². The Balaban J connectivity index is 1.96. The van der Waals surface area contributed by atoms with Gasteiger partial charge in [-0.15, -0.1) is 6.58 Å². The van der Waals surface area contributed by atoms with Gasteiger partial charge in [-0.05, 0) is 38.1 Å². The zero-order chi connectivity index (χ0) is 18.1. The number of carbonyl (C=O) groups is 1. The Hall–Kier alpha value is -1.12. The van der Waals surface area contributed by atoms with E-state index in [1.807, 2.05) is 0 Å². The number of hydrogen-bond acceptors (Lipinski definition) is 5. The van der Waals surface area contributed by atoms with Gasteiger partial charge in [-0.25, -0.2) is 13.2 Å². The van der Waals surface area contributed by atoms with Crippen molar-refractivity contribution in [1.82, 2.24) is 15.1 Å². The van der Waals surface area contributed by atoms with Gasteiger partial charge in [0.15, 0.2) is 9.84 Å².